The molecule has 190 valence electrons. The molecule has 36 heavy (non-hydrogen) atoms. The largest absolute Gasteiger partial charge is 0 e. The summed E-state index contributed by atoms with van der Waals surface area (Å²) in [5.41, 5.74) is 2.22. The van der Waals surface area contributed by atoms with Crippen LogP contribution in [0.1, 0.15) is 23.2 Å². The minimum atomic E-state index is 0. The zero-order valence-corrected chi connectivity index (χ0v) is 22.4. The van der Waals surface area contributed by atoms with Gasteiger partial charge in [-0.2, -0.15) is 0 Å². The number of rotatable bonds is 7. The Morgan fingerprint density at radius 2 is 0.750 bits per heavy atom. The fraction of sp³-hybridized carbons (Fsp3) is 0.250. The van der Waals surface area contributed by atoms with Crippen molar-refractivity contribution in [3.63, 3.8) is 0 Å². The second-order valence-corrected chi connectivity index (χ2v) is 5.02. The first-order chi connectivity index (χ1) is 16.8. The number of hydrogen-bond acceptors (Lipinski definition) is 4. The van der Waals surface area contributed by atoms with Crippen LogP contribution in [0, 0.1) is 39.9 Å². The van der Waals surface area contributed by atoms with Crippen LogP contribution in [-0.2, 0) is 62.6 Å². The number of benzene rings is 2. The van der Waals surface area contributed by atoms with Crippen molar-refractivity contribution in [2.75, 3.05) is 28.3 Å². The van der Waals surface area contributed by atoms with Crippen LogP contribution in [0.2, 0.25) is 0 Å². The van der Waals surface area contributed by atoms with E-state index in [4.69, 9.17) is 37.4 Å². The summed E-state index contributed by atoms with van der Waals surface area (Å²) in [6, 6.07) is 16.2. The molecule has 0 aliphatic heterocycles. The predicted molar refractivity (Wildman–Crippen MR) is 113 cm³/mol. The molecule has 0 aromatic heterocycles. The Kier molecular flexibility index (Phi) is 59.6. The van der Waals surface area contributed by atoms with Gasteiger partial charge < -0.3 is 20.1 Å². The molecule has 0 unspecified atom stereocenters. The van der Waals surface area contributed by atoms with E-state index < -0.39 is 0 Å². The molecule has 12 heteroatoms. The Morgan fingerprint density at radius 3 is 0.944 bits per heavy atom. The van der Waals surface area contributed by atoms with Crippen LogP contribution in [0.3, 0.4) is 0 Å². The summed E-state index contributed by atoms with van der Waals surface area (Å²) in [7, 11) is 7.31. The van der Waals surface area contributed by atoms with Gasteiger partial charge in [0.2, 0.25) is 0 Å². The maximum atomic E-state index is 7.50. The van der Waals surface area contributed by atoms with E-state index >= 15 is 0 Å². The molecule has 0 aliphatic carbocycles. The molecule has 2 aromatic carbocycles. The van der Waals surface area contributed by atoms with Crippen molar-refractivity contribution in [2.45, 2.75) is 12.1 Å². The minimum Gasteiger partial charge on any atom is 0 e. The molecule has 2 aromatic rings. The van der Waals surface area contributed by atoms with E-state index in [9.17, 15) is 0 Å². The van der Waals surface area contributed by atoms with Crippen LogP contribution in [0.4, 0.5) is 0 Å². The maximum absolute atomic E-state index is 7.50. The van der Waals surface area contributed by atoms with Crippen LogP contribution in [0.25, 0.3) is 0 Å². The molecule has 0 saturated carbocycles. The first-order valence-electron chi connectivity index (χ1n) is 8.59. The topological polar surface area (TPSA) is 162 Å². The molecule has 2 atom stereocenters. The number of methoxy groups -OCH3 is 2. The van der Waals surface area contributed by atoms with Gasteiger partial charge in [0.25, 0.3) is 0 Å². The number of ether oxygens (including phenoxy) is 2. The smallest absolute Gasteiger partial charge is 0 e. The summed E-state index contributed by atoms with van der Waals surface area (Å²) in [5.74, 6) is 1.74. The number of para-hydroxylation sites is 2. The Bertz CT molecular complexity index is 768. The van der Waals surface area contributed by atoms with Crippen molar-refractivity contribution < 1.29 is 72.1 Å². The summed E-state index contributed by atoms with van der Waals surface area (Å²) in [4.78, 5) is 0. The standard InChI is InChI=1S/C18H24N2O2.6CO.2Cr/c1-19-17(13-9-5-7-11-15(13)21-3)18(20-2)14-10-6-8-12-16(14)22-4;6*1-2;;/h5-12,17-20H,1-4H3;;;;;;;;/t17-,18-;;;;;;;;/m1......../s1. The average Bonchev–Trinajstić information content (AvgIpc) is 2.98. The maximum Gasteiger partial charge on any atom is 0 e. The molecule has 0 heterocycles. The Hall–Kier alpha value is -2.54. The van der Waals surface area contributed by atoms with Crippen molar-refractivity contribution in [1.29, 1.82) is 0 Å². The fourth-order valence-electron chi connectivity index (χ4n) is 2.85. The van der Waals surface area contributed by atoms with Gasteiger partial charge in [0, 0.05) is 45.8 Å². The van der Waals surface area contributed by atoms with Gasteiger partial charge in [0.1, 0.15) is 11.5 Å². The zero-order valence-electron chi connectivity index (χ0n) is 19.9. The van der Waals surface area contributed by atoms with E-state index in [1.54, 1.807) is 14.2 Å². The SMILES string of the molecule is CN[C@H](c1ccccc1OC)[C@H](NC)c1ccccc1OC.[C-]#[O+].[C-]#[O+].[C-]#[O+].[C-]#[O+].[C-]#[O+].[C-]#[O+].[Cr].[Cr]. The first-order valence-corrected chi connectivity index (χ1v) is 8.59. The molecule has 0 bridgehead atoms. The average molecular weight is 572 g/mol. The summed E-state index contributed by atoms with van der Waals surface area (Å²) in [5, 5.41) is 6.79. The molecule has 2 N–H and O–H groups in total. The van der Waals surface area contributed by atoms with Crippen LogP contribution in [0.5, 0.6) is 11.5 Å². The quantitative estimate of drug-likeness (QED) is 0.386. The van der Waals surface area contributed by atoms with Crippen LogP contribution in [-0.4, -0.2) is 28.3 Å². The minimum absolute atomic E-state index is 0. The van der Waals surface area contributed by atoms with Crippen molar-refractivity contribution in [3.8, 4) is 11.5 Å². The van der Waals surface area contributed by atoms with Crippen LogP contribution < -0.4 is 20.1 Å². The summed E-state index contributed by atoms with van der Waals surface area (Å²) in [6.07, 6.45) is 0. The van der Waals surface area contributed by atoms with E-state index in [-0.39, 0.29) is 46.8 Å². The molecule has 0 radical (unpaired) electrons. The van der Waals surface area contributed by atoms with Crippen LogP contribution >= 0.6 is 0 Å². The van der Waals surface area contributed by atoms with Crippen molar-refractivity contribution >= 4 is 0 Å². The second kappa shape index (κ2) is 42.6. The van der Waals surface area contributed by atoms with Gasteiger partial charge >= 0.3 is 67.8 Å². The third kappa shape index (κ3) is 18.8. The van der Waals surface area contributed by atoms with Crippen LogP contribution in [0.15, 0.2) is 48.5 Å². The van der Waals surface area contributed by atoms with Gasteiger partial charge in [-0.25, -0.2) is 0 Å². The van der Waals surface area contributed by atoms with E-state index in [0.717, 1.165) is 22.6 Å². The Morgan fingerprint density at radius 1 is 0.528 bits per heavy atom. The normalized spacial score (nSPS) is 8.56. The van der Waals surface area contributed by atoms with E-state index in [1.165, 1.54) is 0 Å². The number of nitrogens with one attached hydrogen (secondary N) is 2. The van der Waals surface area contributed by atoms with E-state index in [1.807, 2.05) is 50.5 Å². The van der Waals surface area contributed by atoms with Gasteiger partial charge in [-0.1, -0.05) is 36.4 Å². The summed E-state index contributed by atoms with van der Waals surface area (Å²) in [6.45, 7) is 27.0. The third-order valence-electron chi connectivity index (χ3n) is 3.90. The number of hydrogen-bond donors (Lipinski definition) is 2. The molecule has 0 spiro atoms. The van der Waals surface area contributed by atoms with Gasteiger partial charge in [-0.3, -0.25) is 0 Å². The molecule has 2 rings (SSSR count). The molecule has 0 aliphatic rings. The van der Waals surface area contributed by atoms with E-state index in [2.05, 4.69) is 62.7 Å². The fourth-order valence-corrected chi connectivity index (χ4v) is 2.85. The zero-order chi connectivity index (χ0) is 27.9. The molecule has 0 fully saturated rings. The van der Waals surface area contributed by atoms with Gasteiger partial charge in [-0.15, -0.1) is 0 Å². The predicted octanol–water partition coefficient (Wildman–Crippen LogP) is 2.69. The number of likely N-dealkylation sites (N-methyl/N-ethyl adjacent to an activating group) is 2. The second-order valence-electron chi connectivity index (χ2n) is 5.02. The van der Waals surface area contributed by atoms with Crippen molar-refractivity contribution in [3.05, 3.63) is 99.6 Å². The van der Waals surface area contributed by atoms with Gasteiger partial charge in [-0.05, 0) is 26.2 Å². The molecule has 0 amide bonds. The van der Waals surface area contributed by atoms with Crippen molar-refractivity contribution in [1.82, 2.24) is 10.6 Å². The molecule has 10 nitrogen and oxygen atoms in total. The summed E-state index contributed by atoms with van der Waals surface area (Å²) >= 11 is 0. The van der Waals surface area contributed by atoms with E-state index in [0.29, 0.717) is 0 Å². The molecule has 0 saturated heterocycles. The molecular formula is C24H24Cr2N2O8. The summed E-state index contributed by atoms with van der Waals surface area (Å²) < 4.78 is 56.0. The van der Waals surface area contributed by atoms with Crippen molar-refractivity contribution in [2.24, 2.45) is 0 Å². The van der Waals surface area contributed by atoms with Gasteiger partial charge in [0.15, 0.2) is 0 Å². The first kappa shape index (κ1) is 50.4. The molecular weight excluding hydrogens is 548 g/mol. The third-order valence-corrected chi connectivity index (χ3v) is 3.90. The van der Waals surface area contributed by atoms with Gasteiger partial charge in [0.05, 0.1) is 26.3 Å². The Labute approximate surface area is 233 Å². The monoisotopic (exact) mass is 572 g/mol. The Balaban J connectivity index is -0.000000106.